The Morgan fingerprint density at radius 3 is 2.29 bits per heavy atom. The molecule has 0 aliphatic carbocycles. The van der Waals surface area contributed by atoms with Crippen molar-refractivity contribution in [2.45, 2.75) is 27.3 Å². The highest BCUT2D eigenvalue weighted by atomic mass is 14.9. The maximum Gasteiger partial charge on any atom is 0.0397 e. The highest BCUT2D eigenvalue weighted by Crippen LogP contribution is 2.21. The Kier molecular flexibility index (Phi) is 3.34. The van der Waals surface area contributed by atoms with Crippen molar-refractivity contribution >= 4 is 0 Å². The minimum Gasteiger partial charge on any atom is -0.384 e. The number of allylic oxidation sites excluding steroid dienone is 1. The van der Waals surface area contributed by atoms with Gasteiger partial charge >= 0.3 is 0 Å². The summed E-state index contributed by atoms with van der Waals surface area (Å²) in [6, 6.07) is 10.4. The molecule has 1 aromatic carbocycles. The molecule has 0 saturated heterocycles. The lowest BCUT2D eigenvalue weighted by atomic mass is 9.93. The molecule has 0 atom stereocenters. The minimum absolute atomic E-state index is 0.134. The summed E-state index contributed by atoms with van der Waals surface area (Å²) < 4.78 is 0. The zero-order valence-corrected chi connectivity index (χ0v) is 9.30. The molecule has 0 amide bonds. The molecule has 0 spiro atoms. The summed E-state index contributed by atoms with van der Waals surface area (Å²) in [5.74, 6) is 0. The van der Waals surface area contributed by atoms with Gasteiger partial charge in [-0.05, 0) is 5.56 Å². The van der Waals surface area contributed by atoms with E-state index in [1.54, 1.807) is 0 Å². The molecule has 1 rings (SSSR count). The van der Waals surface area contributed by atoms with Gasteiger partial charge in [-0.3, -0.25) is 0 Å². The number of hydrogen-bond donors (Lipinski definition) is 1. The van der Waals surface area contributed by atoms with Gasteiger partial charge in [0.15, 0.2) is 0 Å². The molecule has 0 heterocycles. The molecule has 0 radical (unpaired) electrons. The van der Waals surface area contributed by atoms with Crippen LogP contribution in [0.15, 0.2) is 42.6 Å². The largest absolute Gasteiger partial charge is 0.384 e. The van der Waals surface area contributed by atoms with Crippen LogP contribution in [0.4, 0.5) is 0 Å². The van der Waals surface area contributed by atoms with Crippen molar-refractivity contribution in [3.8, 4) is 0 Å². The lowest BCUT2D eigenvalue weighted by Gasteiger charge is -2.23. The molecule has 0 aliphatic heterocycles. The maximum atomic E-state index is 4.03. The molecule has 76 valence electrons. The van der Waals surface area contributed by atoms with Crippen LogP contribution in [0.25, 0.3) is 0 Å². The molecular formula is C13H19N. The maximum absolute atomic E-state index is 4.03. The van der Waals surface area contributed by atoms with Crippen molar-refractivity contribution < 1.29 is 0 Å². The van der Waals surface area contributed by atoms with Gasteiger partial charge in [0.2, 0.25) is 0 Å². The van der Waals surface area contributed by atoms with Crippen LogP contribution in [0, 0.1) is 5.41 Å². The van der Waals surface area contributed by atoms with Gasteiger partial charge in [-0.2, -0.15) is 0 Å². The monoisotopic (exact) mass is 189 g/mol. The normalized spacial score (nSPS) is 11.1. The van der Waals surface area contributed by atoms with Gasteiger partial charge in [0.1, 0.15) is 0 Å². The van der Waals surface area contributed by atoms with Crippen molar-refractivity contribution in [1.29, 1.82) is 0 Å². The standard InChI is InChI=1S/C13H19N/c1-11(13(2,3)4)14-10-12-8-6-5-7-9-12/h5-9,14H,1,10H2,2-4H3. The van der Waals surface area contributed by atoms with Crippen LogP contribution in [0.2, 0.25) is 0 Å². The van der Waals surface area contributed by atoms with Crippen LogP contribution in [0.5, 0.6) is 0 Å². The second-order valence-electron chi connectivity index (χ2n) is 4.57. The molecule has 0 aliphatic rings. The summed E-state index contributed by atoms with van der Waals surface area (Å²) in [4.78, 5) is 0. The summed E-state index contributed by atoms with van der Waals surface area (Å²) >= 11 is 0. The second kappa shape index (κ2) is 4.32. The number of nitrogens with one attached hydrogen (secondary N) is 1. The Hall–Kier alpha value is -1.24. The van der Waals surface area contributed by atoms with E-state index in [1.165, 1.54) is 5.56 Å². The Labute approximate surface area is 86.8 Å². The lowest BCUT2D eigenvalue weighted by Crippen LogP contribution is -2.22. The third-order valence-corrected chi connectivity index (χ3v) is 2.25. The highest BCUT2D eigenvalue weighted by molar-refractivity contribution is 5.16. The van der Waals surface area contributed by atoms with Gasteiger partial charge < -0.3 is 5.32 Å². The van der Waals surface area contributed by atoms with Crippen molar-refractivity contribution in [2.75, 3.05) is 0 Å². The fourth-order valence-corrected chi connectivity index (χ4v) is 1.07. The molecule has 1 N–H and O–H groups in total. The van der Waals surface area contributed by atoms with Crippen molar-refractivity contribution in [3.63, 3.8) is 0 Å². The second-order valence-corrected chi connectivity index (χ2v) is 4.57. The van der Waals surface area contributed by atoms with E-state index in [-0.39, 0.29) is 5.41 Å². The summed E-state index contributed by atoms with van der Waals surface area (Å²) in [5.41, 5.74) is 2.51. The molecule has 0 aromatic heterocycles. The number of benzene rings is 1. The van der Waals surface area contributed by atoms with Gasteiger partial charge in [-0.25, -0.2) is 0 Å². The molecular weight excluding hydrogens is 170 g/mol. The zero-order chi connectivity index (χ0) is 10.6. The van der Waals surface area contributed by atoms with Gasteiger partial charge in [0, 0.05) is 17.7 Å². The Bertz CT molecular complexity index is 293. The average molecular weight is 189 g/mol. The lowest BCUT2D eigenvalue weighted by molar-refractivity contribution is 0.461. The van der Waals surface area contributed by atoms with Gasteiger partial charge in [0.25, 0.3) is 0 Å². The van der Waals surface area contributed by atoms with Gasteiger partial charge in [0.05, 0.1) is 0 Å². The highest BCUT2D eigenvalue weighted by Gasteiger charge is 2.13. The van der Waals surface area contributed by atoms with Crippen LogP contribution in [0.1, 0.15) is 26.3 Å². The molecule has 0 unspecified atom stereocenters. The Morgan fingerprint density at radius 1 is 1.21 bits per heavy atom. The van der Waals surface area contributed by atoms with E-state index in [9.17, 15) is 0 Å². The number of hydrogen-bond acceptors (Lipinski definition) is 1. The summed E-state index contributed by atoms with van der Waals surface area (Å²) in [5, 5.41) is 3.34. The Morgan fingerprint density at radius 2 is 1.79 bits per heavy atom. The average Bonchev–Trinajstić information content (AvgIpc) is 2.14. The van der Waals surface area contributed by atoms with E-state index in [4.69, 9.17) is 0 Å². The summed E-state index contributed by atoms with van der Waals surface area (Å²) in [7, 11) is 0. The Balaban J connectivity index is 2.46. The molecule has 14 heavy (non-hydrogen) atoms. The summed E-state index contributed by atoms with van der Waals surface area (Å²) in [6.07, 6.45) is 0. The molecule has 1 nitrogen and oxygen atoms in total. The summed E-state index contributed by atoms with van der Waals surface area (Å²) in [6.45, 7) is 11.4. The van der Waals surface area contributed by atoms with Crippen molar-refractivity contribution in [1.82, 2.24) is 5.32 Å². The zero-order valence-electron chi connectivity index (χ0n) is 9.30. The van der Waals surface area contributed by atoms with Crippen LogP contribution in [0.3, 0.4) is 0 Å². The predicted molar refractivity (Wildman–Crippen MR) is 61.9 cm³/mol. The van der Waals surface area contributed by atoms with E-state index in [2.05, 4.69) is 56.9 Å². The first-order valence-corrected chi connectivity index (χ1v) is 4.97. The van der Waals surface area contributed by atoms with Gasteiger partial charge in [-0.1, -0.05) is 57.7 Å². The fourth-order valence-electron chi connectivity index (χ4n) is 1.07. The smallest absolute Gasteiger partial charge is 0.0397 e. The van der Waals surface area contributed by atoms with E-state index in [0.717, 1.165) is 12.2 Å². The fraction of sp³-hybridized carbons (Fsp3) is 0.385. The van der Waals surface area contributed by atoms with Gasteiger partial charge in [-0.15, -0.1) is 0 Å². The first-order chi connectivity index (χ1) is 6.50. The first kappa shape index (κ1) is 10.8. The molecule has 0 fully saturated rings. The molecule has 0 saturated carbocycles. The molecule has 1 aromatic rings. The van der Waals surface area contributed by atoms with Crippen LogP contribution in [-0.2, 0) is 6.54 Å². The van der Waals surface area contributed by atoms with Crippen molar-refractivity contribution in [2.24, 2.45) is 5.41 Å². The SMILES string of the molecule is C=C(NCc1ccccc1)C(C)(C)C. The van der Waals surface area contributed by atoms with E-state index >= 15 is 0 Å². The predicted octanol–water partition coefficient (Wildman–Crippen LogP) is 3.34. The molecule has 1 heteroatoms. The number of rotatable bonds is 3. The van der Waals surface area contributed by atoms with Crippen molar-refractivity contribution in [3.05, 3.63) is 48.2 Å². The van der Waals surface area contributed by atoms with E-state index in [0.29, 0.717) is 0 Å². The third kappa shape index (κ3) is 3.25. The van der Waals surface area contributed by atoms with Crippen LogP contribution >= 0.6 is 0 Å². The quantitative estimate of drug-likeness (QED) is 0.769. The van der Waals surface area contributed by atoms with Crippen LogP contribution < -0.4 is 5.32 Å². The molecule has 0 bridgehead atoms. The third-order valence-electron chi connectivity index (χ3n) is 2.25. The van der Waals surface area contributed by atoms with Crippen LogP contribution in [-0.4, -0.2) is 0 Å². The van der Waals surface area contributed by atoms with E-state index in [1.807, 2.05) is 6.07 Å². The topological polar surface area (TPSA) is 12.0 Å². The van der Waals surface area contributed by atoms with E-state index < -0.39 is 0 Å². The minimum atomic E-state index is 0.134. The first-order valence-electron chi connectivity index (χ1n) is 4.97.